The molecule has 2 amide bonds. The van der Waals surface area contributed by atoms with Crippen LogP contribution in [0.2, 0.25) is 0 Å². The topological polar surface area (TPSA) is 79.2 Å². The minimum absolute atomic E-state index is 0.0352. The Balaban J connectivity index is 1.73. The van der Waals surface area contributed by atoms with Crippen molar-refractivity contribution in [3.8, 4) is 11.5 Å². The molecule has 1 aliphatic heterocycles. The summed E-state index contributed by atoms with van der Waals surface area (Å²) in [7, 11) is 1.47. The molecule has 6 heteroatoms. The van der Waals surface area contributed by atoms with Gasteiger partial charge in [0.2, 0.25) is 0 Å². The molecule has 3 aromatic rings. The third kappa shape index (κ3) is 2.81. The molecule has 0 unspecified atom stereocenters. The number of phenols is 1. The Morgan fingerprint density at radius 2 is 1.54 bits per heavy atom. The van der Waals surface area contributed by atoms with E-state index in [2.05, 4.69) is 4.99 Å². The SMILES string of the molecule is COc1cccc(C=Nc2ccccc2N2C(=O)c3ccccc3C2=O)c1O. The molecule has 0 fully saturated rings. The number of fused-ring (bicyclic) bond motifs is 1. The first kappa shape index (κ1) is 17.5. The Morgan fingerprint density at radius 1 is 0.893 bits per heavy atom. The van der Waals surface area contributed by atoms with Crippen LogP contribution in [0.4, 0.5) is 11.4 Å². The smallest absolute Gasteiger partial charge is 0.266 e. The summed E-state index contributed by atoms with van der Waals surface area (Å²) in [6, 6.07) is 18.6. The van der Waals surface area contributed by atoms with E-state index in [1.54, 1.807) is 66.7 Å². The molecule has 0 spiro atoms. The van der Waals surface area contributed by atoms with Crippen molar-refractivity contribution in [3.63, 3.8) is 0 Å². The van der Waals surface area contributed by atoms with Gasteiger partial charge in [0.05, 0.1) is 29.6 Å². The maximum atomic E-state index is 12.8. The van der Waals surface area contributed by atoms with Gasteiger partial charge in [-0.3, -0.25) is 14.6 Å². The van der Waals surface area contributed by atoms with Crippen molar-refractivity contribution in [2.45, 2.75) is 0 Å². The number of rotatable bonds is 4. The first-order valence-corrected chi connectivity index (χ1v) is 8.58. The number of methoxy groups -OCH3 is 1. The van der Waals surface area contributed by atoms with E-state index < -0.39 is 0 Å². The molecule has 3 aromatic carbocycles. The predicted octanol–water partition coefficient (Wildman–Crippen LogP) is 3.95. The summed E-state index contributed by atoms with van der Waals surface area (Å²) in [6.07, 6.45) is 1.47. The molecule has 138 valence electrons. The number of para-hydroxylation sites is 3. The van der Waals surface area contributed by atoms with Gasteiger partial charge in [0.25, 0.3) is 11.8 Å². The van der Waals surface area contributed by atoms with Crippen LogP contribution in [-0.2, 0) is 0 Å². The molecule has 1 N–H and O–H groups in total. The summed E-state index contributed by atoms with van der Waals surface area (Å²) in [5, 5.41) is 10.2. The van der Waals surface area contributed by atoms with E-state index in [-0.39, 0.29) is 17.6 Å². The van der Waals surface area contributed by atoms with Crippen molar-refractivity contribution in [1.82, 2.24) is 0 Å². The van der Waals surface area contributed by atoms with Gasteiger partial charge < -0.3 is 9.84 Å². The van der Waals surface area contributed by atoms with E-state index in [0.717, 1.165) is 4.90 Å². The van der Waals surface area contributed by atoms with Crippen molar-refractivity contribution in [2.24, 2.45) is 4.99 Å². The summed E-state index contributed by atoms with van der Waals surface area (Å²) in [6.45, 7) is 0. The number of phenolic OH excluding ortho intramolecular Hbond substituents is 1. The molecule has 6 nitrogen and oxygen atoms in total. The van der Waals surface area contributed by atoms with E-state index in [0.29, 0.717) is 33.8 Å². The van der Waals surface area contributed by atoms with E-state index >= 15 is 0 Å². The number of anilines is 1. The lowest BCUT2D eigenvalue weighted by Gasteiger charge is -2.16. The lowest BCUT2D eigenvalue weighted by Crippen LogP contribution is -2.29. The lowest BCUT2D eigenvalue weighted by atomic mass is 10.1. The quantitative estimate of drug-likeness (QED) is 0.555. The van der Waals surface area contributed by atoms with Gasteiger partial charge in [0.1, 0.15) is 0 Å². The Kier molecular flexibility index (Phi) is 4.37. The van der Waals surface area contributed by atoms with Crippen molar-refractivity contribution in [3.05, 3.63) is 83.4 Å². The Morgan fingerprint density at radius 3 is 2.21 bits per heavy atom. The van der Waals surface area contributed by atoms with Crippen molar-refractivity contribution < 1.29 is 19.4 Å². The molecule has 0 radical (unpaired) electrons. The fraction of sp³-hybridized carbons (Fsp3) is 0.0455. The van der Waals surface area contributed by atoms with Gasteiger partial charge in [-0.15, -0.1) is 0 Å². The van der Waals surface area contributed by atoms with Crippen LogP contribution in [0.5, 0.6) is 11.5 Å². The molecule has 0 saturated carbocycles. The lowest BCUT2D eigenvalue weighted by molar-refractivity contribution is 0.0926. The first-order valence-electron chi connectivity index (χ1n) is 8.58. The summed E-state index contributed by atoms with van der Waals surface area (Å²) in [4.78, 5) is 31.1. The molecular weight excluding hydrogens is 356 g/mol. The zero-order valence-electron chi connectivity index (χ0n) is 15.0. The Bertz CT molecular complexity index is 1090. The molecule has 1 heterocycles. The number of carbonyl (C=O) groups is 2. The summed E-state index contributed by atoms with van der Waals surface area (Å²) in [5.74, 6) is -0.468. The average Bonchev–Trinajstić information content (AvgIpc) is 2.98. The maximum Gasteiger partial charge on any atom is 0.266 e. The number of amides is 2. The van der Waals surface area contributed by atoms with Crippen LogP contribution in [0.3, 0.4) is 0 Å². The fourth-order valence-electron chi connectivity index (χ4n) is 3.12. The van der Waals surface area contributed by atoms with Gasteiger partial charge in [0.15, 0.2) is 11.5 Å². The van der Waals surface area contributed by atoms with Gasteiger partial charge in [-0.2, -0.15) is 0 Å². The molecule has 0 aromatic heterocycles. The van der Waals surface area contributed by atoms with Crippen molar-refractivity contribution in [2.75, 3.05) is 12.0 Å². The van der Waals surface area contributed by atoms with Gasteiger partial charge in [0, 0.05) is 11.8 Å². The van der Waals surface area contributed by atoms with Crippen molar-refractivity contribution in [1.29, 1.82) is 0 Å². The monoisotopic (exact) mass is 372 g/mol. The van der Waals surface area contributed by atoms with Crippen LogP contribution in [0, 0.1) is 0 Å². The molecule has 28 heavy (non-hydrogen) atoms. The first-order chi connectivity index (χ1) is 13.6. The van der Waals surface area contributed by atoms with Crippen LogP contribution in [0.15, 0.2) is 71.7 Å². The Labute approximate surface area is 161 Å². The van der Waals surface area contributed by atoms with Crippen LogP contribution in [0.25, 0.3) is 0 Å². The predicted molar refractivity (Wildman–Crippen MR) is 106 cm³/mol. The zero-order chi connectivity index (χ0) is 19.7. The van der Waals surface area contributed by atoms with Gasteiger partial charge in [-0.25, -0.2) is 4.90 Å². The number of aliphatic imine (C=N–C) groups is 1. The van der Waals surface area contributed by atoms with E-state index in [1.165, 1.54) is 13.3 Å². The summed E-state index contributed by atoms with van der Waals surface area (Å²) >= 11 is 0. The second-order valence-electron chi connectivity index (χ2n) is 6.14. The van der Waals surface area contributed by atoms with Crippen LogP contribution in [0.1, 0.15) is 26.3 Å². The normalized spacial score (nSPS) is 13.2. The highest BCUT2D eigenvalue weighted by atomic mass is 16.5. The van der Waals surface area contributed by atoms with Crippen LogP contribution >= 0.6 is 0 Å². The highest BCUT2D eigenvalue weighted by molar-refractivity contribution is 6.35. The summed E-state index contributed by atoms with van der Waals surface area (Å²) in [5.41, 5.74) is 2.01. The highest BCUT2D eigenvalue weighted by Gasteiger charge is 2.37. The Hall–Kier alpha value is -3.93. The molecule has 0 aliphatic carbocycles. The third-order valence-corrected chi connectivity index (χ3v) is 4.51. The number of nitrogens with zero attached hydrogens (tertiary/aromatic N) is 2. The minimum atomic E-state index is -0.382. The zero-order valence-corrected chi connectivity index (χ0v) is 15.0. The molecule has 0 saturated heterocycles. The number of benzene rings is 3. The fourth-order valence-corrected chi connectivity index (χ4v) is 3.12. The number of carbonyl (C=O) groups excluding carboxylic acids is 2. The van der Waals surface area contributed by atoms with E-state index in [9.17, 15) is 14.7 Å². The van der Waals surface area contributed by atoms with Gasteiger partial charge in [-0.1, -0.05) is 30.3 Å². The number of hydrogen-bond donors (Lipinski definition) is 1. The van der Waals surface area contributed by atoms with E-state index in [1.807, 2.05) is 0 Å². The maximum absolute atomic E-state index is 12.8. The average molecular weight is 372 g/mol. The number of hydrogen-bond acceptors (Lipinski definition) is 5. The third-order valence-electron chi connectivity index (χ3n) is 4.51. The second-order valence-corrected chi connectivity index (χ2v) is 6.14. The van der Waals surface area contributed by atoms with Crippen LogP contribution < -0.4 is 9.64 Å². The molecule has 0 atom stereocenters. The van der Waals surface area contributed by atoms with Gasteiger partial charge in [-0.05, 0) is 36.4 Å². The van der Waals surface area contributed by atoms with Crippen LogP contribution in [-0.4, -0.2) is 30.2 Å². The van der Waals surface area contributed by atoms with Crippen molar-refractivity contribution >= 4 is 29.4 Å². The second kappa shape index (κ2) is 7.00. The highest BCUT2D eigenvalue weighted by Crippen LogP contribution is 2.35. The largest absolute Gasteiger partial charge is 0.504 e. The number of aromatic hydroxyl groups is 1. The number of ether oxygens (including phenoxy) is 1. The molecular formula is C22H16N2O4. The molecule has 4 rings (SSSR count). The minimum Gasteiger partial charge on any atom is -0.504 e. The van der Waals surface area contributed by atoms with Gasteiger partial charge >= 0.3 is 0 Å². The van der Waals surface area contributed by atoms with E-state index in [4.69, 9.17) is 4.74 Å². The molecule has 1 aliphatic rings. The molecule has 0 bridgehead atoms. The standard InChI is InChI=1S/C22H16N2O4/c1-28-19-12-6-7-14(20(19)25)13-23-17-10-4-5-11-18(17)24-21(26)15-8-2-3-9-16(15)22(24)27/h2-13,25H,1H3. The number of imide groups is 1. The summed E-state index contributed by atoms with van der Waals surface area (Å²) < 4.78 is 5.10.